The van der Waals surface area contributed by atoms with Crippen molar-refractivity contribution in [1.29, 1.82) is 0 Å². The number of halogens is 2. The largest absolute Gasteiger partial charge is 0.381 e. The minimum Gasteiger partial charge on any atom is -0.381 e. The van der Waals surface area contributed by atoms with E-state index in [4.69, 9.17) is 4.74 Å². The maximum Gasteiger partial charge on any atom is 0.249 e. The zero-order chi connectivity index (χ0) is 10.2. The molecule has 0 aromatic carbocycles. The van der Waals surface area contributed by atoms with Gasteiger partial charge in [0.15, 0.2) is 0 Å². The third-order valence-corrected chi connectivity index (χ3v) is 3.06. The maximum absolute atomic E-state index is 12.5. The zero-order valence-corrected chi connectivity index (χ0v) is 7.97. The maximum atomic E-state index is 12.5. The number of carbonyl (C=O) groups is 1. The van der Waals surface area contributed by atoms with Crippen LogP contribution in [0.25, 0.3) is 0 Å². The molecule has 1 atom stereocenters. The summed E-state index contributed by atoms with van der Waals surface area (Å²) in [6.45, 7) is 1.13. The lowest BCUT2D eigenvalue weighted by molar-refractivity contribution is -0.155. The van der Waals surface area contributed by atoms with Crippen molar-refractivity contribution in [3.8, 4) is 0 Å². The third kappa shape index (κ3) is 1.95. The van der Waals surface area contributed by atoms with Crippen molar-refractivity contribution in [2.24, 2.45) is 11.8 Å². The fourth-order valence-corrected chi connectivity index (χ4v) is 2.16. The van der Waals surface area contributed by atoms with E-state index in [0.29, 0.717) is 13.2 Å². The molecule has 14 heavy (non-hydrogen) atoms. The predicted octanol–water partition coefficient (Wildman–Crippen LogP) is 2.03. The first-order valence-electron chi connectivity index (χ1n) is 5.08. The number of hydrogen-bond acceptors (Lipinski definition) is 2. The van der Waals surface area contributed by atoms with Crippen LogP contribution in [0, 0.1) is 11.8 Å². The van der Waals surface area contributed by atoms with Crippen LogP contribution in [0.2, 0.25) is 0 Å². The zero-order valence-electron chi connectivity index (χ0n) is 7.97. The molecule has 0 N–H and O–H groups in total. The molecule has 80 valence electrons. The summed E-state index contributed by atoms with van der Waals surface area (Å²) in [6.07, 6.45) is 1.19. The number of hydrogen-bond donors (Lipinski definition) is 0. The van der Waals surface area contributed by atoms with E-state index < -0.39 is 11.8 Å². The van der Waals surface area contributed by atoms with Crippen molar-refractivity contribution in [3.63, 3.8) is 0 Å². The lowest BCUT2D eigenvalue weighted by atomic mass is 9.74. The fraction of sp³-hybridized carbons (Fsp3) is 0.900. The highest BCUT2D eigenvalue weighted by atomic mass is 19.3. The molecule has 2 fully saturated rings. The van der Waals surface area contributed by atoms with Crippen LogP contribution in [-0.4, -0.2) is 24.9 Å². The van der Waals surface area contributed by atoms with Crippen molar-refractivity contribution < 1.29 is 18.3 Å². The van der Waals surface area contributed by atoms with E-state index >= 15 is 0 Å². The number of alkyl halides is 2. The van der Waals surface area contributed by atoms with Crippen molar-refractivity contribution >= 4 is 5.78 Å². The van der Waals surface area contributed by atoms with E-state index in [1.54, 1.807) is 0 Å². The van der Waals surface area contributed by atoms with Gasteiger partial charge in [0.2, 0.25) is 5.92 Å². The quantitative estimate of drug-likeness (QED) is 0.688. The molecule has 1 unspecified atom stereocenters. The Morgan fingerprint density at radius 1 is 1.29 bits per heavy atom. The average molecular weight is 204 g/mol. The molecule has 4 heteroatoms. The SMILES string of the molecule is O=C(C1CCCOC1)C1CC(F)(F)C1. The minimum absolute atomic E-state index is 0.00405. The Kier molecular flexibility index (Phi) is 2.56. The molecule has 0 amide bonds. The molecule has 0 bridgehead atoms. The Morgan fingerprint density at radius 3 is 2.50 bits per heavy atom. The van der Waals surface area contributed by atoms with E-state index in [1.807, 2.05) is 0 Å². The van der Waals surface area contributed by atoms with Crippen molar-refractivity contribution in [3.05, 3.63) is 0 Å². The first-order valence-corrected chi connectivity index (χ1v) is 5.08. The topological polar surface area (TPSA) is 26.3 Å². The summed E-state index contributed by atoms with van der Waals surface area (Å²) in [7, 11) is 0. The molecule has 0 spiro atoms. The highest BCUT2D eigenvalue weighted by Gasteiger charge is 2.49. The van der Waals surface area contributed by atoms with Gasteiger partial charge in [0.05, 0.1) is 6.61 Å². The molecule has 1 saturated heterocycles. The molecule has 1 saturated carbocycles. The van der Waals surface area contributed by atoms with Crippen LogP contribution in [0.3, 0.4) is 0 Å². The number of rotatable bonds is 2. The molecule has 1 aliphatic heterocycles. The fourth-order valence-electron chi connectivity index (χ4n) is 2.16. The second-order valence-corrected chi connectivity index (χ2v) is 4.28. The van der Waals surface area contributed by atoms with E-state index in [9.17, 15) is 13.6 Å². The molecule has 0 aromatic heterocycles. The van der Waals surface area contributed by atoms with Crippen molar-refractivity contribution in [1.82, 2.24) is 0 Å². The lowest BCUT2D eigenvalue weighted by Crippen LogP contribution is -2.43. The summed E-state index contributed by atoms with van der Waals surface area (Å²) < 4.78 is 30.2. The molecule has 0 aromatic rings. The van der Waals surface area contributed by atoms with Crippen LogP contribution in [0.4, 0.5) is 8.78 Å². The summed E-state index contributed by atoms with van der Waals surface area (Å²) in [5.41, 5.74) is 0. The summed E-state index contributed by atoms with van der Waals surface area (Å²) in [6, 6.07) is 0. The first kappa shape index (κ1) is 10.0. The molecule has 2 aliphatic rings. The molecule has 2 nitrogen and oxygen atoms in total. The first-order chi connectivity index (χ1) is 6.58. The Bertz CT molecular complexity index is 226. The van der Waals surface area contributed by atoms with Gasteiger partial charge < -0.3 is 4.74 Å². The van der Waals surface area contributed by atoms with Gasteiger partial charge in [-0.3, -0.25) is 4.79 Å². The van der Waals surface area contributed by atoms with Gasteiger partial charge in [-0.15, -0.1) is 0 Å². The highest BCUT2D eigenvalue weighted by molar-refractivity contribution is 5.84. The van der Waals surface area contributed by atoms with Gasteiger partial charge in [-0.25, -0.2) is 8.78 Å². The van der Waals surface area contributed by atoms with Gasteiger partial charge in [0.1, 0.15) is 5.78 Å². The molecule has 1 heterocycles. The van der Waals surface area contributed by atoms with Gasteiger partial charge in [0, 0.05) is 31.3 Å². The van der Waals surface area contributed by atoms with E-state index in [-0.39, 0.29) is 24.5 Å². The normalized spacial score (nSPS) is 32.3. The van der Waals surface area contributed by atoms with Gasteiger partial charge in [-0.1, -0.05) is 0 Å². The van der Waals surface area contributed by atoms with Crippen LogP contribution in [0.15, 0.2) is 0 Å². The Labute approximate surface area is 81.6 Å². The van der Waals surface area contributed by atoms with Crippen LogP contribution < -0.4 is 0 Å². The number of ether oxygens (including phenoxy) is 1. The molecular weight excluding hydrogens is 190 g/mol. The van der Waals surface area contributed by atoms with Crippen LogP contribution in [0.1, 0.15) is 25.7 Å². The van der Waals surface area contributed by atoms with Gasteiger partial charge in [-0.2, -0.15) is 0 Å². The van der Waals surface area contributed by atoms with E-state index in [1.165, 1.54) is 0 Å². The average Bonchev–Trinajstić information content (AvgIpc) is 2.14. The molecular formula is C10H14F2O2. The van der Waals surface area contributed by atoms with Crippen molar-refractivity contribution in [2.45, 2.75) is 31.6 Å². The summed E-state index contributed by atoms with van der Waals surface area (Å²) in [5, 5.41) is 0. The Morgan fingerprint density at radius 2 is 2.00 bits per heavy atom. The van der Waals surface area contributed by atoms with Gasteiger partial charge in [-0.05, 0) is 12.8 Å². The second kappa shape index (κ2) is 3.57. The summed E-state index contributed by atoms with van der Waals surface area (Å²) in [5.74, 6) is -3.12. The molecule has 2 rings (SSSR count). The minimum atomic E-state index is -2.59. The van der Waals surface area contributed by atoms with Crippen LogP contribution >= 0.6 is 0 Å². The van der Waals surface area contributed by atoms with E-state index in [0.717, 1.165) is 12.8 Å². The monoisotopic (exact) mass is 204 g/mol. The van der Waals surface area contributed by atoms with Crippen molar-refractivity contribution in [2.75, 3.05) is 13.2 Å². The summed E-state index contributed by atoms with van der Waals surface area (Å²) >= 11 is 0. The number of ketones is 1. The smallest absolute Gasteiger partial charge is 0.249 e. The van der Waals surface area contributed by atoms with Crippen LogP contribution in [0.5, 0.6) is 0 Å². The van der Waals surface area contributed by atoms with E-state index in [2.05, 4.69) is 0 Å². The molecule has 0 radical (unpaired) electrons. The summed E-state index contributed by atoms with van der Waals surface area (Å²) in [4.78, 5) is 11.7. The second-order valence-electron chi connectivity index (χ2n) is 4.28. The van der Waals surface area contributed by atoms with Crippen LogP contribution in [-0.2, 0) is 9.53 Å². The highest BCUT2D eigenvalue weighted by Crippen LogP contribution is 2.44. The Hall–Kier alpha value is -0.510. The van der Waals surface area contributed by atoms with Gasteiger partial charge >= 0.3 is 0 Å². The Balaban J connectivity index is 1.84. The predicted molar refractivity (Wildman–Crippen MR) is 46.2 cm³/mol. The molecule has 1 aliphatic carbocycles. The standard InChI is InChI=1S/C10H14F2O2/c11-10(12)4-8(5-10)9(13)7-2-1-3-14-6-7/h7-8H,1-6H2. The third-order valence-electron chi connectivity index (χ3n) is 3.06. The lowest BCUT2D eigenvalue weighted by Gasteiger charge is -2.36. The van der Waals surface area contributed by atoms with Gasteiger partial charge in [0.25, 0.3) is 0 Å². The number of carbonyl (C=O) groups excluding carboxylic acids is 1. The number of Topliss-reactive ketones (excluding diaryl/α,β-unsaturated/α-hetero) is 1.